The third kappa shape index (κ3) is 5.16. The van der Waals surface area contributed by atoms with Crippen LogP contribution in [0, 0.1) is 5.41 Å². The zero-order valence-electron chi connectivity index (χ0n) is 12.1. The van der Waals surface area contributed by atoms with Crippen LogP contribution < -0.4 is 11.1 Å². The number of ether oxygens (including phenoxy) is 1. The summed E-state index contributed by atoms with van der Waals surface area (Å²) in [6.45, 7) is 8.52. The summed E-state index contributed by atoms with van der Waals surface area (Å²) in [6.07, 6.45) is 0.308. The molecular formula is C13H25N3O3. The lowest BCUT2D eigenvalue weighted by molar-refractivity contribution is -0.135. The lowest BCUT2D eigenvalue weighted by Crippen LogP contribution is -2.49. The molecule has 0 aromatic heterocycles. The van der Waals surface area contributed by atoms with Gasteiger partial charge in [0.05, 0.1) is 19.3 Å². The minimum Gasteiger partial charge on any atom is -0.378 e. The maximum absolute atomic E-state index is 11.8. The van der Waals surface area contributed by atoms with Crippen LogP contribution in [0.25, 0.3) is 0 Å². The van der Waals surface area contributed by atoms with Gasteiger partial charge in [-0.3, -0.25) is 9.59 Å². The molecule has 0 spiro atoms. The number of carbonyl (C=O) groups excluding carboxylic acids is 2. The van der Waals surface area contributed by atoms with Crippen molar-refractivity contribution < 1.29 is 14.3 Å². The van der Waals surface area contributed by atoms with Crippen molar-refractivity contribution in [3.05, 3.63) is 0 Å². The van der Waals surface area contributed by atoms with Crippen molar-refractivity contribution >= 4 is 11.8 Å². The first-order chi connectivity index (χ1) is 8.82. The smallest absolute Gasteiger partial charge is 0.237 e. The minimum absolute atomic E-state index is 0.0490. The molecule has 1 heterocycles. The van der Waals surface area contributed by atoms with Crippen LogP contribution in [0.15, 0.2) is 0 Å². The first-order valence-corrected chi connectivity index (χ1v) is 6.71. The second kappa shape index (κ2) is 6.86. The molecule has 0 bridgehead atoms. The van der Waals surface area contributed by atoms with Gasteiger partial charge in [-0.25, -0.2) is 0 Å². The molecule has 110 valence electrons. The van der Waals surface area contributed by atoms with Crippen LogP contribution in [-0.2, 0) is 14.3 Å². The number of hydrogen-bond donors (Lipinski definition) is 2. The van der Waals surface area contributed by atoms with Gasteiger partial charge in [0.25, 0.3) is 0 Å². The van der Waals surface area contributed by atoms with E-state index in [1.165, 1.54) is 0 Å². The fourth-order valence-corrected chi connectivity index (χ4v) is 1.77. The van der Waals surface area contributed by atoms with Gasteiger partial charge in [-0.15, -0.1) is 0 Å². The van der Waals surface area contributed by atoms with E-state index in [4.69, 9.17) is 10.5 Å². The van der Waals surface area contributed by atoms with Crippen LogP contribution in [0.3, 0.4) is 0 Å². The third-order valence-corrected chi connectivity index (χ3v) is 3.22. The first kappa shape index (κ1) is 15.9. The zero-order valence-corrected chi connectivity index (χ0v) is 12.1. The number of hydrogen-bond acceptors (Lipinski definition) is 4. The number of amides is 2. The van der Waals surface area contributed by atoms with E-state index in [0.717, 1.165) is 0 Å². The standard InChI is InChI=1S/C13H25N3O3/c1-13(2,3)11(14)12(18)15-5-4-10(17)16-6-8-19-9-7-16/h11H,4-9,14H2,1-3H3,(H,15,18)/t11-/m1/s1. The molecule has 0 aromatic carbocycles. The Bertz CT molecular complexity index is 320. The Morgan fingerprint density at radius 1 is 1.32 bits per heavy atom. The average Bonchev–Trinajstić information content (AvgIpc) is 2.37. The van der Waals surface area contributed by atoms with Crippen LogP contribution in [0.1, 0.15) is 27.2 Å². The number of nitrogens with zero attached hydrogens (tertiary/aromatic N) is 1. The van der Waals surface area contributed by atoms with Crippen LogP contribution >= 0.6 is 0 Å². The van der Waals surface area contributed by atoms with Crippen molar-refractivity contribution in [1.82, 2.24) is 10.2 Å². The highest BCUT2D eigenvalue weighted by molar-refractivity contribution is 5.83. The van der Waals surface area contributed by atoms with E-state index in [-0.39, 0.29) is 17.2 Å². The predicted octanol–water partition coefficient (Wildman–Crippen LogP) is -0.275. The Labute approximate surface area is 114 Å². The number of nitrogens with one attached hydrogen (secondary N) is 1. The summed E-state index contributed by atoms with van der Waals surface area (Å²) in [5, 5.41) is 2.72. The Morgan fingerprint density at radius 2 is 1.89 bits per heavy atom. The maximum Gasteiger partial charge on any atom is 0.237 e. The largest absolute Gasteiger partial charge is 0.378 e. The molecule has 1 rings (SSSR count). The van der Waals surface area contributed by atoms with Crippen LogP contribution in [0.5, 0.6) is 0 Å². The highest BCUT2D eigenvalue weighted by Crippen LogP contribution is 2.17. The molecule has 0 aliphatic carbocycles. The molecule has 0 unspecified atom stereocenters. The highest BCUT2D eigenvalue weighted by Gasteiger charge is 2.27. The molecule has 1 fully saturated rings. The predicted molar refractivity (Wildman–Crippen MR) is 72.5 cm³/mol. The van der Waals surface area contributed by atoms with Crippen molar-refractivity contribution in [2.45, 2.75) is 33.2 Å². The SMILES string of the molecule is CC(C)(C)[C@H](N)C(=O)NCCC(=O)N1CCOCC1. The zero-order chi connectivity index (χ0) is 14.5. The summed E-state index contributed by atoms with van der Waals surface area (Å²) in [5.74, 6) is -0.157. The van der Waals surface area contributed by atoms with Crippen LogP contribution in [0.4, 0.5) is 0 Å². The molecule has 1 aliphatic rings. The first-order valence-electron chi connectivity index (χ1n) is 6.71. The van der Waals surface area contributed by atoms with Crippen molar-refractivity contribution in [3.63, 3.8) is 0 Å². The Balaban J connectivity index is 2.26. The second-order valence-electron chi connectivity index (χ2n) is 5.88. The molecule has 1 atom stereocenters. The number of morpholine rings is 1. The molecule has 0 saturated carbocycles. The highest BCUT2D eigenvalue weighted by atomic mass is 16.5. The average molecular weight is 271 g/mol. The van der Waals surface area contributed by atoms with E-state index in [1.54, 1.807) is 4.90 Å². The molecule has 6 heteroatoms. The monoisotopic (exact) mass is 271 g/mol. The topological polar surface area (TPSA) is 84.7 Å². The van der Waals surface area contributed by atoms with Crippen molar-refractivity contribution in [2.24, 2.45) is 11.1 Å². The lowest BCUT2D eigenvalue weighted by atomic mass is 9.87. The Kier molecular flexibility index (Phi) is 5.75. The van der Waals surface area contributed by atoms with Gasteiger partial charge in [-0.2, -0.15) is 0 Å². The van der Waals surface area contributed by atoms with E-state index in [1.807, 2.05) is 20.8 Å². The Morgan fingerprint density at radius 3 is 2.42 bits per heavy atom. The summed E-state index contributed by atoms with van der Waals surface area (Å²) in [7, 11) is 0. The van der Waals surface area contributed by atoms with Gasteiger partial charge in [-0.1, -0.05) is 20.8 Å². The number of carbonyl (C=O) groups is 2. The molecule has 2 amide bonds. The van der Waals surface area contributed by atoms with Gasteiger partial charge in [0.2, 0.25) is 11.8 Å². The molecular weight excluding hydrogens is 246 g/mol. The molecule has 19 heavy (non-hydrogen) atoms. The lowest BCUT2D eigenvalue weighted by Gasteiger charge is -2.28. The van der Waals surface area contributed by atoms with Crippen molar-refractivity contribution in [2.75, 3.05) is 32.8 Å². The van der Waals surface area contributed by atoms with Gasteiger partial charge in [-0.05, 0) is 5.41 Å². The molecule has 1 saturated heterocycles. The summed E-state index contributed by atoms with van der Waals surface area (Å²) in [6, 6.07) is -0.564. The number of rotatable bonds is 4. The van der Waals surface area contributed by atoms with E-state index < -0.39 is 6.04 Å². The molecule has 1 aliphatic heterocycles. The fourth-order valence-electron chi connectivity index (χ4n) is 1.77. The summed E-state index contributed by atoms with van der Waals surface area (Å²) < 4.78 is 5.18. The summed E-state index contributed by atoms with van der Waals surface area (Å²) in [4.78, 5) is 25.4. The Hall–Kier alpha value is -1.14. The summed E-state index contributed by atoms with van der Waals surface area (Å²) in [5.41, 5.74) is 5.55. The van der Waals surface area contributed by atoms with E-state index >= 15 is 0 Å². The number of nitrogens with two attached hydrogens (primary N) is 1. The normalized spacial score (nSPS) is 18.0. The van der Waals surface area contributed by atoms with Gasteiger partial charge >= 0.3 is 0 Å². The molecule has 6 nitrogen and oxygen atoms in total. The third-order valence-electron chi connectivity index (χ3n) is 3.22. The van der Waals surface area contributed by atoms with Gasteiger partial charge < -0.3 is 20.7 Å². The van der Waals surface area contributed by atoms with E-state index in [0.29, 0.717) is 39.3 Å². The minimum atomic E-state index is -0.564. The van der Waals surface area contributed by atoms with Gasteiger partial charge in [0.15, 0.2) is 0 Å². The summed E-state index contributed by atoms with van der Waals surface area (Å²) >= 11 is 0. The van der Waals surface area contributed by atoms with Gasteiger partial charge in [0.1, 0.15) is 0 Å². The van der Waals surface area contributed by atoms with E-state index in [9.17, 15) is 9.59 Å². The fraction of sp³-hybridized carbons (Fsp3) is 0.846. The van der Waals surface area contributed by atoms with Crippen molar-refractivity contribution in [3.8, 4) is 0 Å². The van der Waals surface area contributed by atoms with Gasteiger partial charge in [0, 0.05) is 26.1 Å². The van der Waals surface area contributed by atoms with Crippen molar-refractivity contribution in [1.29, 1.82) is 0 Å². The maximum atomic E-state index is 11.8. The van der Waals surface area contributed by atoms with Crippen LogP contribution in [-0.4, -0.2) is 55.6 Å². The van der Waals surface area contributed by atoms with Crippen LogP contribution in [0.2, 0.25) is 0 Å². The molecule has 3 N–H and O–H groups in total. The van der Waals surface area contributed by atoms with E-state index in [2.05, 4.69) is 5.32 Å². The molecule has 0 radical (unpaired) electrons. The molecule has 0 aromatic rings. The quantitative estimate of drug-likeness (QED) is 0.737. The second-order valence-corrected chi connectivity index (χ2v) is 5.88.